The van der Waals surface area contributed by atoms with Crippen LogP contribution in [0.4, 0.5) is 5.69 Å². The summed E-state index contributed by atoms with van der Waals surface area (Å²) in [6.45, 7) is 4.55. The Hall–Kier alpha value is -2.25. The minimum absolute atomic E-state index is 0.124. The first-order chi connectivity index (χ1) is 12.1. The Bertz CT molecular complexity index is 877. The Morgan fingerprint density at radius 1 is 1.32 bits per heavy atom. The van der Waals surface area contributed by atoms with Crippen LogP contribution in [0.2, 0.25) is 5.02 Å². The second kappa shape index (κ2) is 7.76. The van der Waals surface area contributed by atoms with Gasteiger partial charge in [0.1, 0.15) is 0 Å². The Morgan fingerprint density at radius 3 is 2.88 bits per heavy atom. The van der Waals surface area contributed by atoms with E-state index in [1.54, 1.807) is 24.5 Å². The Kier molecular flexibility index (Phi) is 5.45. The van der Waals surface area contributed by atoms with Gasteiger partial charge in [0.15, 0.2) is 16.7 Å². The fraction of sp³-hybridized carbons (Fsp3) is 0.235. The fourth-order valence-corrected chi connectivity index (χ4v) is 3.30. The number of aromatic nitrogens is 3. The molecule has 0 fully saturated rings. The third kappa shape index (κ3) is 3.88. The number of nitrogens with one attached hydrogen (secondary N) is 1. The SMILES string of the molecule is CCn1c(SCC(=O)Nc2cccc(Cl)c2C)nnc1-c1ccco1. The summed E-state index contributed by atoms with van der Waals surface area (Å²) in [7, 11) is 0. The van der Waals surface area contributed by atoms with Gasteiger partial charge in [-0.25, -0.2) is 0 Å². The molecule has 1 N–H and O–H groups in total. The number of hydrogen-bond acceptors (Lipinski definition) is 5. The lowest BCUT2D eigenvalue weighted by Crippen LogP contribution is -2.15. The molecule has 0 saturated heterocycles. The highest BCUT2D eigenvalue weighted by atomic mass is 35.5. The van der Waals surface area contributed by atoms with Crippen LogP contribution in [0.3, 0.4) is 0 Å². The minimum atomic E-state index is -0.124. The van der Waals surface area contributed by atoms with Gasteiger partial charge >= 0.3 is 0 Å². The molecule has 8 heteroatoms. The number of carbonyl (C=O) groups excluding carboxylic acids is 1. The second-order valence-electron chi connectivity index (χ2n) is 5.28. The van der Waals surface area contributed by atoms with Gasteiger partial charge in [-0.15, -0.1) is 10.2 Å². The van der Waals surface area contributed by atoms with Gasteiger partial charge in [-0.05, 0) is 43.7 Å². The van der Waals surface area contributed by atoms with Crippen LogP contribution in [0.15, 0.2) is 46.2 Å². The first-order valence-corrected chi connectivity index (χ1v) is 9.11. The van der Waals surface area contributed by atoms with E-state index in [-0.39, 0.29) is 11.7 Å². The summed E-state index contributed by atoms with van der Waals surface area (Å²) >= 11 is 7.40. The number of nitrogens with zero attached hydrogens (tertiary/aromatic N) is 3. The number of benzene rings is 1. The quantitative estimate of drug-likeness (QED) is 0.651. The van der Waals surface area contributed by atoms with Crippen LogP contribution in [0.5, 0.6) is 0 Å². The first-order valence-electron chi connectivity index (χ1n) is 7.75. The van der Waals surface area contributed by atoms with Crippen LogP contribution in [0, 0.1) is 6.92 Å². The monoisotopic (exact) mass is 376 g/mol. The molecule has 3 rings (SSSR count). The lowest BCUT2D eigenvalue weighted by Gasteiger charge is -2.09. The molecule has 0 bridgehead atoms. The third-order valence-corrected chi connectivity index (χ3v) is 5.02. The van der Waals surface area contributed by atoms with Crippen LogP contribution in [-0.4, -0.2) is 26.4 Å². The highest BCUT2D eigenvalue weighted by Crippen LogP contribution is 2.25. The lowest BCUT2D eigenvalue weighted by atomic mass is 10.2. The molecular formula is C17H17ClN4O2S. The zero-order valence-corrected chi connectivity index (χ0v) is 15.4. The molecule has 1 aromatic carbocycles. The Morgan fingerprint density at radius 2 is 2.16 bits per heavy atom. The van der Waals surface area contributed by atoms with Crippen molar-refractivity contribution in [1.29, 1.82) is 0 Å². The highest BCUT2D eigenvalue weighted by Gasteiger charge is 2.16. The van der Waals surface area contributed by atoms with Gasteiger partial charge in [-0.3, -0.25) is 9.36 Å². The third-order valence-electron chi connectivity index (χ3n) is 3.65. The van der Waals surface area contributed by atoms with E-state index < -0.39 is 0 Å². The lowest BCUT2D eigenvalue weighted by molar-refractivity contribution is -0.113. The number of halogens is 1. The van der Waals surface area contributed by atoms with Crippen LogP contribution in [-0.2, 0) is 11.3 Å². The summed E-state index contributed by atoms with van der Waals surface area (Å²) in [6, 6.07) is 9.06. The van der Waals surface area contributed by atoms with E-state index >= 15 is 0 Å². The Labute approximate surface area is 154 Å². The van der Waals surface area contributed by atoms with Gasteiger partial charge < -0.3 is 9.73 Å². The van der Waals surface area contributed by atoms with Crippen LogP contribution in [0.25, 0.3) is 11.6 Å². The van der Waals surface area contributed by atoms with E-state index in [1.165, 1.54) is 11.8 Å². The van der Waals surface area contributed by atoms with Gasteiger partial charge in [0, 0.05) is 17.3 Å². The maximum atomic E-state index is 12.2. The van der Waals surface area contributed by atoms with E-state index in [0.717, 1.165) is 5.56 Å². The molecule has 2 aromatic heterocycles. The zero-order chi connectivity index (χ0) is 17.8. The molecule has 0 radical (unpaired) electrons. The van der Waals surface area contributed by atoms with E-state index in [0.29, 0.717) is 34.0 Å². The van der Waals surface area contributed by atoms with Crippen molar-refractivity contribution in [2.45, 2.75) is 25.5 Å². The molecular weight excluding hydrogens is 360 g/mol. The standard InChI is InChI=1S/C17H17ClN4O2S/c1-3-22-16(14-8-5-9-24-14)20-21-17(22)25-10-15(23)19-13-7-4-6-12(18)11(13)2/h4-9H,3,10H2,1-2H3,(H,19,23). The second-order valence-corrected chi connectivity index (χ2v) is 6.63. The average Bonchev–Trinajstić information content (AvgIpc) is 3.25. The smallest absolute Gasteiger partial charge is 0.234 e. The Balaban J connectivity index is 1.67. The van der Waals surface area contributed by atoms with Gasteiger partial charge in [0.25, 0.3) is 0 Å². The minimum Gasteiger partial charge on any atom is -0.461 e. The van der Waals surface area contributed by atoms with Crippen molar-refractivity contribution in [1.82, 2.24) is 14.8 Å². The molecule has 0 aliphatic heterocycles. The van der Waals surface area contributed by atoms with Gasteiger partial charge in [-0.1, -0.05) is 29.4 Å². The molecule has 6 nitrogen and oxygen atoms in total. The highest BCUT2D eigenvalue weighted by molar-refractivity contribution is 7.99. The normalized spacial score (nSPS) is 10.8. The maximum Gasteiger partial charge on any atom is 0.234 e. The molecule has 0 spiro atoms. The van der Waals surface area contributed by atoms with Crippen LogP contribution < -0.4 is 5.32 Å². The number of anilines is 1. The van der Waals surface area contributed by atoms with Crippen molar-refractivity contribution in [2.75, 3.05) is 11.1 Å². The summed E-state index contributed by atoms with van der Waals surface area (Å²) < 4.78 is 7.30. The van der Waals surface area contributed by atoms with Crippen molar-refractivity contribution in [3.8, 4) is 11.6 Å². The zero-order valence-electron chi connectivity index (χ0n) is 13.8. The van der Waals surface area contributed by atoms with E-state index in [2.05, 4.69) is 15.5 Å². The molecule has 0 atom stereocenters. The first kappa shape index (κ1) is 17.6. The van der Waals surface area contributed by atoms with Crippen molar-refractivity contribution in [3.05, 3.63) is 47.2 Å². The number of thioether (sulfide) groups is 1. The number of furan rings is 1. The fourth-order valence-electron chi connectivity index (χ4n) is 2.33. The van der Waals surface area contributed by atoms with Crippen molar-refractivity contribution in [2.24, 2.45) is 0 Å². The topological polar surface area (TPSA) is 73.0 Å². The molecule has 2 heterocycles. The number of hydrogen-bond donors (Lipinski definition) is 1. The van der Waals surface area contributed by atoms with E-state index in [1.807, 2.05) is 30.5 Å². The molecule has 1 amide bonds. The molecule has 130 valence electrons. The largest absolute Gasteiger partial charge is 0.461 e. The number of amides is 1. The predicted molar refractivity (Wildman–Crippen MR) is 98.9 cm³/mol. The summed E-state index contributed by atoms with van der Waals surface area (Å²) in [5.74, 6) is 1.41. The van der Waals surface area contributed by atoms with Crippen molar-refractivity contribution < 1.29 is 9.21 Å². The summed E-state index contributed by atoms with van der Waals surface area (Å²) in [5.41, 5.74) is 1.56. The molecule has 3 aromatic rings. The molecule has 0 saturated carbocycles. The molecule has 0 aliphatic carbocycles. The molecule has 0 aliphatic rings. The predicted octanol–water partition coefficient (Wildman–Crippen LogP) is 4.25. The van der Waals surface area contributed by atoms with E-state index in [4.69, 9.17) is 16.0 Å². The van der Waals surface area contributed by atoms with Gasteiger partial charge in [0.05, 0.1) is 12.0 Å². The molecule has 25 heavy (non-hydrogen) atoms. The average molecular weight is 377 g/mol. The molecule has 0 unspecified atom stereocenters. The van der Waals surface area contributed by atoms with E-state index in [9.17, 15) is 4.79 Å². The number of carbonyl (C=O) groups is 1. The van der Waals surface area contributed by atoms with Crippen LogP contribution >= 0.6 is 23.4 Å². The van der Waals surface area contributed by atoms with Crippen molar-refractivity contribution >= 4 is 35.0 Å². The van der Waals surface area contributed by atoms with Crippen LogP contribution in [0.1, 0.15) is 12.5 Å². The summed E-state index contributed by atoms with van der Waals surface area (Å²) in [5, 5.41) is 12.5. The summed E-state index contributed by atoms with van der Waals surface area (Å²) in [4.78, 5) is 12.2. The van der Waals surface area contributed by atoms with Gasteiger partial charge in [-0.2, -0.15) is 0 Å². The number of rotatable bonds is 6. The van der Waals surface area contributed by atoms with Gasteiger partial charge in [0.2, 0.25) is 5.91 Å². The maximum absolute atomic E-state index is 12.2. The summed E-state index contributed by atoms with van der Waals surface area (Å²) in [6.07, 6.45) is 1.59. The van der Waals surface area contributed by atoms with Crippen molar-refractivity contribution in [3.63, 3.8) is 0 Å².